The van der Waals surface area contributed by atoms with Gasteiger partial charge >= 0.3 is 5.97 Å². The molecular weight excluding hydrogens is 294 g/mol. The second-order valence-electron chi connectivity index (χ2n) is 5.35. The third-order valence-electron chi connectivity index (χ3n) is 4.03. The maximum absolute atomic E-state index is 12.3. The van der Waals surface area contributed by atoms with Crippen molar-refractivity contribution >= 4 is 16.0 Å². The summed E-state index contributed by atoms with van der Waals surface area (Å²) >= 11 is 0. The van der Waals surface area contributed by atoms with Gasteiger partial charge in [0.1, 0.15) is 0 Å². The first-order valence-corrected chi connectivity index (χ1v) is 8.17. The van der Waals surface area contributed by atoms with Crippen LogP contribution >= 0.6 is 0 Å². The average Bonchev–Trinajstić information content (AvgIpc) is 2.37. The van der Waals surface area contributed by atoms with Gasteiger partial charge in [0.05, 0.1) is 16.1 Å². The summed E-state index contributed by atoms with van der Waals surface area (Å²) < 4.78 is 32.4. The van der Waals surface area contributed by atoms with Gasteiger partial charge in [0.25, 0.3) is 0 Å². The van der Waals surface area contributed by atoms with Crippen molar-refractivity contribution in [2.75, 3.05) is 13.7 Å². The van der Waals surface area contributed by atoms with E-state index in [-0.39, 0.29) is 17.0 Å². The predicted octanol–water partition coefficient (Wildman–Crippen LogP) is 1.54. The number of carbonyl (C=O) groups is 1. The summed E-state index contributed by atoms with van der Waals surface area (Å²) in [7, 11) is -2.17. The van der Waals surface area contributed by atoms with E-state index in [4.69, 9.17) is 9.84 Å². The fourth-order valence-corrected chi connectivity index (χ4v) is 3.47. The van der Waals surface area contributed by atoms with E-state index in [9.17, 15) is 13.2 Å². The number of aromatic carboxylic acids is 1. The molecule has 1 aromatic carbocycles. The van der Waals surface area contributed by atoms with Gasteiger partial charge in [-0.1, -0.05) is 6.07 Å². The topological polar surface area (TPSA) is 92.7 Å². The normalized spacial score (nSPS) is 17.2. The van der Waals surface area contributed by atoms with Crippen molar-refractivity contribution in [3.63, 3.8) is 0 Å². The lowest BCUT2D eigenvalue weighted by Crippen LogP contribution is -2.49. The number of methoxy groups -OCH3 is 1. The molecule has 0 atom stereocenters. The zero-order valence-corrected chi connectivity index (χ0v) is 12.9. The molecule has 0 heterocycles. The highest BCUT2D eigenvalue weighted by atomic mass is 32.2. The third kappa shape index (κ3) is 3.25. The molecule has 0 aliphatic heterocycles. The van der Waals surface area contributed by atoms with E-state index in [0.717, 1.165) is 19.3 Å². The van der Waals surface area contributed by atoms with Crippen molar-refractivity contribution in [2.24, 2.45) is 0 Å². The first kappa shape index (κ1) is 15.9. The molecule has 0 unspecified atom stereocenters. The maximum Gasteiger partial charge on any atom is 0.335 e. The van der Waals surface area contributed by atoms with Crippen LogP contribution in [0.15, 0.2) is 23.1 Å². The fourth-order valence-electron chi connectivity index (χ4n) is 2.33. The van der Waals surface area contributed by atoms with Gasteiger partial charge in [-0.25, -0.2) is 17.9 Å². The highest BCUT2D eigenvalue weighted by molar-refractivity contribution is 7.89. The first-order chi connectivity index (χ1) is 9.80. The second-order valence-corrected chi connectivity index (χ2v) is 7.11. The van der Waals surface area contributed by atoms with Gasteiger partial charge in [-0.15, -0.1) is 0 Å². The largest absolute Gasteiger partial charge is 0.478 e. The highest BCUT2D eigenvalue weighted by Gasteiger charge is 2.38. The maximum atomic E-state index is 12.3. The molecule has 1 fully saturated rings. The van der Waals surface area contributed by atoms with Crippen molar-refractivity contribution in [3.05, 3.63) is 29.3 Å². The molecule has 7 heteroatoms. The van der Waals surface area contributed by atoms with Crippen LogP contribution in [0.2, 0.25) is 0 Å². The van der Waals surface area contributed by atoms with E-state index >= 15 is 0 Å². The number of ether oxygens (including phenoxy) is 1. The Morgan fingerprint density at radius 3 is 2.57 bits per heavy atom. The van der Waals surface area contributed by atoms with Crippen LogP contribution in [0.25, 0.3) is 0 Å². The van der Waals surface area contributed by atoms with Gasteiger partial charge in [0.15, 0.2) is 0 Å². The predicted molar refractivity (Wildman–Crippen MR) is 76.9 cm³/mol. The number of rotatable bonds is 6. The number of sulfonamides is 1. The van der Waals surface area contributed by atoms with Gasteiger partial charge in [-0.2, -0.15) is 0 Å². The summed E-state index contributed by atoms with van der Waals surface area (Å²) in [6.07, 6.45) is 2.66. The van der Waals surface area contributed by atoms with Crippen LogP contribution in [0.3, 0.4) is 0 Å². The Bertz CT molecular complexity index is 644. The summed E-state index contributed by atoms with van der Waals surface area (Å²) in [4.78, 5) is 11.0. The summed E-state index contributed by atoms with van der Waals surface area (Å²) in [5.41, 5.74) is 0.0877. The molecule has 2 rings (SSSR count). The molecule has 1 aliphatic rings. The Morgan fingerprint density at radius 1 is 1.43 bits per heavy atom. The summed E-state index contributed by atoms with van der Waals surface area (Å²) in [5, 5.41) is 9.06. The summed E-state index contributed by atoms with van der Waals surface area (Å²) in [6.45, 7) is 1.82. The monoisotopic (exact) mass is 313 g/mol. The SMILES string of the molecule is COC1(CNS(=O)(=O)c2ccc(C)c(C(=O)O)c2)CCC1. The molecule has 0 spiro atoms. The van der Waals surface area contributed by atoms with Gasteiger partial charge in [-0.3, -0.25) is 0 Å². The summed E-state index contributed by atoms with van der Waals surface area (Å²) in [6, 6.07) is 4.08. The van der Waals surface area contributed by atoms with Crippen LogP contribution in [0.5, 0.6) is 0 Å². The van der Waals surface area contributed by atoms with Crippen molar-refractivity contribution in [2.45, 2.75) is 36.7 Å². The van der Waals surface area contributed by atoms with Crippen LogP contribution in [0.4, 0.5) is 0 Å². The molecule has 1 aliphatic carbocycles. The fraction of sp³-hybridized carbons (Fsp3) is 0.500. The van der Waals surface area contributed by atoms with Gasteiger partial charge in [0, 0.05) is 13.7 Å². The Morgan fingerprint density at radius 2 is 2.10 bits per heavy atom. The Balaban J connectivity index is 2.20. The lowest BCUT2D eigenvalue weighted by atomic mass is 9.80. The molecule has 21 heavy (non-hydrogen) atoms. The number of benzene rings is 1. The van der Waals surface area contributed by atoms with E-state index in [1.54, 1.807) is 14.0 Å². The number of hydrogen-bond acceptors (Lipinski definition) is 4. The van der Waals surface area contributed by atoms with E-state index in [2.05, 4.69) is 4.72 Å². The zero-order chi connectivity index (χ0) is 15.7. The van der Waals surface area contributed by atoms with Gasteiger partial charge in [0.2, 0.25) is 10.0 Å². The molecule has 0 amide bonds. The minimum absolute atomic E-state index is 0.0111. The van der Waals surface area contributed by atoms with E-state index in [1.807, 2.05) is 0 Å². The average molecular weight is 313 g/mol. The second kappa shape index (κ2) is 5.75. The van der Waals surface area contributed by atoms with Gasteiger partial charge < -0.3 is 9.84 Å². The molecule has 0 saturated heterocycles. The minimum atomic E-state index is -3.75. The molecule has 0 aromatic heterocycles. The minimum Gasteiger partial charge on any atom is -0.478 e. The molecule has 2 N–H and O–H groups in total. The molecule has 1 saturated carbocycles. The summed E-state index contributed by atoms with van der Waals surface area (Å²) in [5.74, 6) is -1.14. The lowest BCUT2D eigenvalue weighted by molar-refractivity contribution is -0.0659. The van der Waals surface area contributed by atoms with E-state index < -0.39 is 21.6 Å². The van der Waals surface area contributed by atoms with Gasteiger partial charge in [-0.05, 0) is 43.9 Å². The lowest BCUT2D eigenvalue weighted by Gasteiger charge is -2.40. The van der Waals surface area contributed by atoms with Crippen LogP contribution in [0.1, 0.15) is 35.2 Å². The number of aryl methyl sites for hydroxylation is 1. The smallest absolute Gasteiger partial charge is 0.335 e. The van der Waals surface area contributed by atoms with Crippen molar-refractivity contribution < 1.29 is 23.1 Å². The van der Waals surface area contributed by atoms with E-state index in [1.165, 1.54) is 18.2 Å². The Labute approximate surface area is 124 Å². The van der Waals surface area contributed by atoms with E-state index in [0.29, 0.717) is 5.56 Å². The number of nitrogens with one attached hydrogen (secondary N) is 1. The standard InChI is InChI=1S/C14H19NO5S/c1-10-4-5-11(8-12(10)13(16)17)21(18,19)15-9-14(20-2)6-3-7-14/h4-5,8,15H,3,6-7,9H2,1-2H3,(H,16,17). The molecule has 0 bridgehead atoms. The Kier molecular flexibility index (Phi) is 4.36. The zero-order valence-electron chi connectivity index (χ0n) is 12.0. The number of hydrogen-bond donors (Lipinski definition) is 2. The van der Waals surface area contributed by atoms with Crippen molar-refractivity contribution in [1.29, 1.82) is 0 Å². The molecule has 1 aromatic rings. The third-order valence-corrected chi connectivity index (χ3v) is 5.43. The molecular formula is C14H19NO5S. The van der Waals surface area contributed by atoms with Crippen LogP contribution in [-0.2, 0) is 14.8 Å². The Hall–Kier alpha value is -1.44. The first-order valence-electron chi connectivity index (χ1n) is 6.68. The molecule has 116 valence electrons. The van der Waals surface area contributed by atoms with Crippen LogP contribution in [0, 0.1) is 6.92 Å². The number of carboxylic acid groups (broad SMARTS) is 1. The van der Waals surface area contributed by atoms with Crippen LogP contribution in [-0.4, -0.2) is 38.7 Å². The molecule has 6 nitrogen and oxygen atoms in total. The van der Waals surface area contributed by atoms with Crippen molar-refractivity contribution in [3.8, 4) is 0 Å². The van der Waals surface area contributed by atoms with Crippen molar-refractivity contribution in [1.82, 2.24) is 4.72 Å². The number of carboxylic acids is 1. The quantitative estimate of drug-likeness (QED) is 0.831. The highest BCUT2D eigenvalue weighted by Crippen LogP contribution is 2.34. The molecule has 0 radical (unpaired) electrons. The van der Waals surface area contributed by atoms with Crippen LogP contribution < -0.4 is 4.72 Å².